The quantitative estimate of drug-likeness (QED) is 0.846. The summed E-state index contributed by atoms with van der Waals surface area (Å²) in [6.45, 7) is 4.02. The minimum absolute atomic E-state index is 0.0397. The van der Waals surface area contributed by atoms with E-state index in [1.807, 2.05) is 6.20 Å². The van der Waals surface area contributed by atoms with Gasteiger partial charge in [0.15, 0.2) is 0 Å². The SMILES string of the molecule is CN1CCCC[C@@H]1CCn1ncc(N2CCCC2)cc1=O. The Morgan fingerprint density at radius 1 is 1.19 bits per heavy atom. The van der Waals surface area contributed by atoms with Crippen LogP contribution in [0.25, 0.3) is 0 Å². The Bertz CT molecular complexity index is 521. The summed E-state index contributed by atoms with van der Waals surface area (Å²) in [6, 6.07) is 2.36. The first-order valence-electron chi connectivity index (χ1n) is 8.26. The highest BCUT2D eigenvalue weighted by atomic mass is 16.1. The molecule has 1 aromatic rings. The van der Waals surface area contributed by atoms with Gasteiger partial charge in [-0.2, -0.15) is 5.10 Å². The van der Waals surface area contributed by atoms with Crippen molar-refractivity contribution in [3.63, 3.8) is 0 Å². The largest absolute Gasteiger partial charge is 0.370 e. The molecule has 0 saturated carbocycles. The van der Waals surface area contributed by atoms with Gasteiger partial charge in [0, 0.05) is 31.7 Å². The molecule has 5 nitrogen and oxygen atoms in total. The molecule has 2 fully saturated rings. The lowest BCUT2D eigenvalue weighted by atomic mass is 10.0. The molecule has 2 saturated heterocycles. The Morgan fingerprint density at radius 3 is 2.67 bits per heavy atom. The van der Waals surface area contributed by atoms with Gasteiger partial charge in [0.25, 0.3) is 5.56 Å². The Balaban J connectivity index is 1.61. The van der Waals surface area contributed by atoms with Crippen molar-refractivity contribution in [2.75, 3.05) is 31.6 Å². The highest BCUT2D eigenvalue weighted by molar-refractivity contribution is 5.43. The molecule has 0 unspecified atom stereocenters. The maximum Gasteiger partial charge on any atom is 0.268 e. The fourth-order valence-electron chi connectivity index (χ4n) is 3.52. The van der Waals surface area contributed by atoms with Crippen LogP contribution in [0.5, 0.6) is 0 Å². The zero-order valence-electron chi connectivity index (χ0n) is 13.0. The van der Waals surface area contributed by atoms with E-state index in [0.717, 1.165) is 31.7 Å². The van der Waals surface area contributed by atoms with Crippen LogP contribution in [0.4, 0.5) is 5.69 Å². The molecule has 116 valence electrons. The molecule has 0 bridgehead atoms. The third-order valence-electron chi connectivity index (χ3n) is 4.92. The van der Waals surface area contributed by atoms with E-state index in [0.29, 0.717) is 6.04 Å². The topological polar surface area (TPSA) is 41.4 Å². The number of nitrogens with zero attached hydrogens (tertiary/aromatic N) is 4. The molecule has 0 N–H and O–H groups in total. The number of hydrogen-bond donors (Lipinski definition) is 0. The van der Waals surface area contributed by atoms with Gasteiger partial charge in [-0.15, -0.1) is 0 Å². The molecule has 21 heavy (non-hydrogen) atoms. The second kappa shape index (κ2) is 6.60. The van der Waals surface area contributed by atoms with Crippen molar-refractivity contribution in [1.82, 2.24) is 14.7 Å². The normalized spacial score (nSPS) is 23.7. The van der Waals surface area contributed by atoms with E-state index in [-0.39, 0.29) is 5.56 Å². The Kier molecular flexibility index (Phi) is 4.58. The number of likely N-dealkylation sites (tertiary alicyclic amines) is 1. The van der Waals surface area contributed by atoms with Crippen molar-refractivity contribution in [1.29, 1.82) is 0 Å². The van der Waals surface area contributed by atoms with Gasteiger partial charge in [0.1, 0.15) is 0 Å². The Hall–Kier alpha value is -1.36. The van der Waals surface area contributed by atoms with Crippen molar-refractivity contribution in [3.05, 3.63) is 22.6 Å². The molecular formula is C16H26N4O. The molecule has 0 aromatic carbocycles. The molecule has 2 aliphatic rings. The summed E-state index contributed by atoms with van der Waals surface area (Å²) >= 11 is 0. The predicted molar refractivity (Wildman–Crippen MR) is 84.8 cm³/mol. The average Bonchev–Trinajstić information content (AvgIpc) is 3.02. The molecule has 3 rings (SSSR count). The second-order valence-corrected chi connectivity index (χ2v) is 6.39. The Morgan fingerprint density at radius 2 is 1.95 bits per heavy atom. The average molecular weight is 290 g/mol. The molecule has 2 aliphatic heterocycles. The summed E-state index contributed by atoms with van der Waals surface area (Å²) in [5.74, 6) is 0. The number of anilines is 1. The zero-order chi connectivity index (χ0) is 14.7. The van der Waals surface area contributed by atoms with Crippen molar-refractivity contribution in [2.24, 2.45) is 0 Å². The molecule has 0 aliphatic carbocycles. The van der Waals surface area contributed by atoms with Crippen LogP contribution in [-0.2, 0) is 6.54 Å². The van der Waals surface area contributed by atoms with Gasteiger partial charge in [-0.1, -0.05) is 6.42 Å². The van der Waals surface area contributed by atoms with Crippen molar-refractivity contribution < 1.29 is 0 Å². The van der Waals surface area contributed by atoms with E-state index >= 15 is 0 Å². The Labute approximate surface area is 126 Å². The smallest absolute Gasteiger partial charge is 0.268 e. The second-order valence-electron chi connectivity index (χ2n) is 6.39. The van der Waals surface area contributed by atoms with Crippen molar-refractivity contribution >= 4 is 5.69 Å². The standard InChI is InChI=1S/C16H26N4O/c1-18-8-3-2-6-14(18)7-11-20-16(21)12-15(13-17-20)19-9-4-5-10-19/h12-14H,2-11H2,1H3/t14-/m1/s1. The minimum Gasteiger partial charge on any atom is -0.370 e. The van der Waals surface area contributed by atoms with E-state index in [1.54, 1.807) is 10.7 Å². The monoisotopic (exact) mass is 290 g/mol. The van der Waals surface area contributed by atoms with E-state index in [2.05, 4.69) is 21.9 Å². The minimum atomic E-state index is 0.0397. The summed E-state index contributed by atoms with van der Waals surface area (Å²) in [5, 5.41) is 4.38. The maximum absolute atomic E-state index is 12.2. The third kappa shape index (κ3) is 3.46. The molecule has 5 heteroatoms. The maximum atomic E-state index is 12.2. The van der Waals surface area contributed by atoms with Gasteiger partial charge in [0.2, 0.25) is 0 Å². The van der Waals surface area contributed by atoms with Crippen LogP contribution < -0.4 is 10.5 Å². The fraction of sp³-hybridized carbons (Fsp3) is 0.750. The summed E-state index contributed by atoms with van der Waals surface area (Å²) < 4.78 is 1.63. The van der Waals surface area contributed by atoms with Crippen LogP contribution in [0.2, 0.25) is 0 Å². The molecule has 1 atom stereocenters. The molecular weight excluding hydrogens is 264 g/mol. The molecule has 0 amide bonds. The van der Waals surface area contributed by atoms with Gasteiger partial charge in [0.05, 0.1) is 11.9 Å². The lowest BCUT2D eigenvalue weighted by molar-refractivity contribution is 0.169. The highest BCUT2D eigenvalue weighted by Gasteiger charge is 2.19. The summed E-state index contributed by atoms with van der Waals surface area (Å²) in [7, 11) is 2.19. The molecule has 0 radical (unpaired) electrons. The van der Waals surface area contributed by atoms with Crippen LogP contribution in [0.1, 0.15) is 38.5 Å². The van der Waals surface area contributed by atoms with E-state index in [1.165, 1.54) is 38.6 Å². The third-order valence-corrected chi connectivity index (χ3v) is 4.92. The summed E-state index contributed by atoms with van der Waals surface area (Å²) in [5.41, 5.74) is 1.03. The van der Waals surface area contributed by atoms with E-state index < -0.39 is 0 Å². The number of aryl methyl sites for hydroxylation is 1. The summed E-state index contributed by atoms with van der Waals surface area (Å²) in [4.78, 5) is 16.9. The van der Waals surface area contributed by atoms with Gasteiger partial charge in [-0.3, -0.25) is 4.79 Å². The van der Waals surface area contributed by atoms with E-state index in [9.17, 15) is 4.79 Å². The van der Waals surface area contributed by atoms with Crippen molar-refractivity contribution in [3.8, 4) is 0 Å². The van der Waals surface area contributed by atoms with Crippen molar-refractivity contribution in [2.45, 2.75) is 51.1 Å². The molecule has 1 aromatic heterocycles. The van der Waals surface area contributed by atoms with Crippen LogP contribution in [0, 0.1) is 0 Å². The lowest BCUT2D eigenvalue weighted by Crippen LogP contribution is -2.37. The van der Waals surface area contributed by atoms with Crippen LogP contribution >= 0.6 is 0 Å². The number of piperidine rings is 1. The molecule has 3 heterocycles. The number of rotatable bonds is 4. The van der Waals surface area contributed by atoms with Gasteiger partial charge >= 0.3 is 0 Å². The number of aromatic nitrogens is 2. The summed E-state index contributed by atoms with van der Waals surface area (Å²) in [6.07, 6.45) is 9.18. The first kappa shape index (κ1) is 14.6. The van der Waals surface area contributed by atoms with Gasteiger partial charge < -0.3 is 9.80 Å². The highest BCUT2D eigenvalue weighted by Crippen LogP contribution is 2.19. The predicted octanol–water partition coefficient (Wildman–Crippen LogP) is 1.72. The van der Waals surface area contributed by atoms with Crippen LogP contribution in [0.15, 0.2) is 17.1 Å². The van der Waals surface area contributed by atoms with Crippen LogP contribution in [-0.4, -0.2) is 47.4 Å². The van der Waals surface area contributed by atoms with E-state index in [4.69, 9.17) is 0 Å². The first-order valence-corrected chi connectivity index (χ1v) is 8.26. The zero-order valence-corrected chi connectivity index (χ0v) is 13.0. The lowest BCUT2D eigenvalue weighted by Gasteiger charge is -2.32. The van der Waals surface area contributed by atoms with Crippen LogP contribution in [0.3, 0.4) is 0 Å². The van der Waals surface area contributed by atoms with Gasteiger partial charge in [-0.05, 0) is 45.7 Å². The van der Waals surface area contributed by atoms with Gasteiger partial charge in [-0.25, -0.2) is 4.68 Å². The number of hydrogen-bond acceptors (Lipinski definition) is 4. The first-order chi connectivity index (χ1) is 10.2. The molecule has 0 spiro atoms. The fourth-order valence-corrected chi connectivity index (χ4v) is 3.52.